The van der Waals surface area contributed by atoms with Gasteiger partial charge in [-0.05, 0) is 49.1 Å². The summed E-state index contributed by atoms with van der Waals surface area (Å²) in [5.41, 5.74) is 3.01. The van der Waals surface area contributed by atoms with Gasteiger partial charge >= 0.3 is 0 Å². The van der Waals surface area contributed by atoms with Gasteiger partial charge in [0.1, 0.15) is 11.5 Å². The van der Waals surface area contributed by atoms with E-state index in [-0.39, 0.29) is 12.4 Å². The minimum Gasteiger partial charge on any atom is -0.496 e. The molecule has 0 saturated carbocycles. The lowest BCUT2D eigenvalue weighted by molar-refractivity contribution is -0.112. The highest BCUT2D eigenvalue weighted by Crippen LogP contribution is 2.35. The van der Waals surface area contributed by atoms with Crippen molar-refractivity contribution in [1.82, 2.24) is 4.90 Å². The number of hydrogen-bond donors (Lipinski definition) is 1. The molecule has 0 aliphatic carbocycles. The highest BCUT2D eigenvalue weighted by molar-refractivity contribution is 6.52. The Labute approximate surface area is 184 Å². The third-order valence-corrected chi connectivity index (χ3v) is 5.27. The van der Waals surface area contributed by atoms with Crippen molar-refractivity contribution in [3.05, 3.63) is 53.1 Å². The molecule has 1 amide bonds. The number of ether oxygens (including phenoxy) is 2. The van der Waals surface area contributed by atoms with Crippen molar-refractivity contribution >= 4 is 29.8 Å². The Morgan fingerprint density at radius 1 is 0.867 bits per heavy atom. The monoisotopic (exact) mass is 432 g/mol. The van der Waals surface area contributed by atoms with Gasteiger partial charge in [-0.25, -0.2) is 0 Å². The second kappa shape index (κ2) is 11.0. The van der Waals surface area contributed by atoms with Gasteiger partial charge in [-0.3, -0.25) is 9.59 Å². The van der Waals surface area contributed by atoms with Gasteiger partial charge in [-0.1, -0.05) is 31.2 Å². The van der Waals surface area contributed by atoms with E-state index in [0.29, 0.717) is 23.4 Å². The van der Waals surface area contributed by atoms with Crippen molar-refractivity contribution in [3.63, 3.8) is 0 Å². The maximum atomic E-state index is 12.3. The Hall–Kier alpha value is -2.57. The number of nitrogens with zero attached hydrogens (tertiary/aromatic N) is 1. The number of Topliss-reactive ketones (excluding diaryl/α,β-unsaturated/α-hetero) is 1. The SMILES string of the molecule is CCCN(CCc1ccccc1OC)CCc1ccc(OC)c2c1C(=O)C(=O)N2.Cl. The average Bonchev–Trinajstić information content (AvgIpc) is 3.05. The number of rotatable bonds is 10. The standard InChI is InChI=1S/C23H28N2O4.ClH/c1-4-13-25(14-11-16-7-5-6-8-18(16)28-2)15-12-17-9-10-19(29-3)21-20(17)22(26)23(27)24-21;/h5-10H,4,11-15H2,1-3H3,(H,24,26,27);1H. The van der Waals surface area contributed by atoms with Crippen LogP contribution in [0.25, 0.3) is 0 Å². The van der Waals surface area contributed by atoms with E-state index in [1.54, 1.807) is 7.11 Å². The number of benzene rings is 2. The molecule has 0 saturated heterocycles. The number of carbonyl (C=O) groups is 2. The molecule has 1 N–H and O–H groups in total. The molecule has 0 fully saturated rings. The summed E-state index contributed by atoms with van der Waals surface area (Å²) in [6.07, 6.45) is 2.63. The Morgan fingerprint density at radius 3 is 2.20 bits per heavy atom. The van der Waals surface area contributed by atoms with Gasteiger partial charge in [-0.15, -0.1) is 12.4 Å². The number of methoxy groups -OCH3 is 2. The van der Waals surface area contributed by atoms with Crippen LogP contribution in [0.5, 0.6) is 11.5 Å². The van der Waals surface area contributed by atoms with Crippen LogP contribution in [-0.4, -0.2) is 50.4 Å². The molecule has 0 aromatic heterocycles. The zero-order valence-electron chi connectivity index (χ0n) is 17.7. The molecule has 1 aliphatic rings. The van der Waals surface area contributed by atoms with Crippen LogP contribution in [0.3, 0.4) is 0 Å². The van der Waals surface area contributed by atoms with E-state index in [9.17, 15) is 9.59 Å². The summed E-state index contributed by atoms with van der Waals surface area (Å²) in [4.78, 5) is 26.6. The van der Waals surface area contributed by atoms with E-state index in [4.69, 9.17) is 9.47 Å². The predicted octanol–water partition coefficient (Wildman–Crippen LogP) is 3.76. The van der Waals surface area contributed by atoms with E-state index in [1.807, 2.05) is 30.3 Å². The van der Waals surface area contributed by atoms with E-state index in [2.05, 4.69) is 23.2 Å². The molecule has 0 atom stereocenters. The molecule has 1 aliphatic heterocycles. The van der Waals surface area contributed by atoms with Crippen molar-refractivity contribution < 1.29 is 19.1 Å². The van der Waals surface area contributed by atoms with Gasteiger partial charge in [-0.2, -0.15) is 0 Å². The summed E-state index contributed by atoms with van der Waals surface area (Å²) in [7, 11) is 3.23. The van der Waals surface area contributed by atoms with Crippen molar-refractivity contribution in [1.29, 1.82) is 0 Å². The molecule has 0 radical (unpaired) electrons. The maximum Gasteiger partial charge on any atom is 0.296 e. The van der Waals surface area contributed by atoms with Gasteiger partial charge in [0.2, 0.25) is 0 Å². The Kier molecular flexibility index (Phi) is 8.69. The molecule has 0 bridgehead atoms. The third-order valence-electron chi connectivity index (χ3n) is 5.27. The first-order valence-electron chi connectivity index (χ1n) is 9.98. The molecule has 162 valence electrons. The summed E-state index contributed by atoms with van der Waals surface area (Å²) in [6, 6.07) is 11.8. The number of para-hydroxylation sites is 1. The van der Waals surface area contributed by atoms with E-state index < -0.39 is 11.7 Å². The molecule has 0 unspecified atom stereocenters. The molecule has 2 aromatic carbocycles. The highest BCUT2D eigenvalue weighted by atomic mass is 35.5. The van der Waals surface area contributed by atoms with Gasteiger partial charge in [0.25, 0.3) is 11.7 Å². The zero-order chi connectivity index (χ0) is 20.8. The largest absolute Gasteiger partial charge is 0.496 e. The number of amides is 1. The second-order valence-corrected chi connectivity index (χ2v) is 7.11. The fraction of sp³-hybridized carbons (Fsp3) is 0.391. The number of nitrogens with one attached hydrogen (secondary N) is 1. The van der Waals surface area contributed by atoms with Crippen LogP contribution in [-0.2, 0) is 17.6 Å². The molecule has 0 spiro atoms. The summed E-state index contributed by atoms with van der Waals surface area (Å²) in [5, 5.41) is 2.64. The molecule has 7 heteroatoms. The minimum absolute atomic E-state index is 0. The van der Waals surface area contributed by atoms with Gasteiger partial charge in [0.05, 0.1) is 25.5 Å². The molecule has 1 heterocycles. The summed E-state index contributed by atoms with van der Waals surface area (Å²) < 4.78 is 10.7. The van der Waals surface area contributed by atoms with Gasteiger partial charge in [0.15, 0.2) is 0 Å². The first-order chi connectivity index (χ1) is 14.1. The van der Waals surface area contributed by atoms with Crippen molar-refractivity contribution in [2.45, 2.75) is 26.2 Å². The quantitative estimate of drug-likeness (QED) is 0.579. The first-order valence-corrected chi connectivity index (χ1v) is 9.98. The van der Waals surface area contributed by atoms with Crippen LogP contribution in [0.2, 0.25) is 0 Å². The number of hydrogen-bond acceptors (Lipinski definition) is 5. The zero-order valence-corrected chi connectivity index (χ0v) is 18.5. The minimum atomic E-state index is -0.590. The van der Waals surface area contributed by atoms with Crippen LogP contribution in [0, 0.1) is 0 Å². The number of anilines is 1. The fourth-order valence-corrected chi connectivity index (χ4v) is 3.79. The molecular formula is C23H29ClN2O4. The van der Waals surface area contributed by atoms with Crippen LogP contribution >= 0.6 is 12.4 Å². The van der Waals surface area contributed by atoms with E-state index in [0.717, 1.165) is 43.8 Å². The molecule has 3 rings (SSSR count). The second-order valence-electron chi connectivity index (χ2n) is 7.11. The Morgan fingerprint density at radius 2 is 1.53 bits per heavy atom. The molecule has 6 nitrogen and oxygen atoms in total. The number of carbonyl (C=O) groups excluding carboxylic acids is 2. The third kappa shape index (κ3) is 5.12. The molecular weight excluding hydrogens is 404 g/mol. The normalized spacial score (nSPS) is 12.4. The van der Waals surface area contributed by atoms with Crippen LogP contribution in [0.15, 0.2) is 36.4 Å². The first kappa shape index (κ1) is 23.7. The lowest BCUT2D eigenvalue weighted by Gasteiger charge is -2.23. The van der Waals surface area contributed by atoms with E-state index >= 15 is 0 Å². The van der Waals surface area contributed by atoms with Gasteiger partial charge < -0.3 is 19.7 Å². The number of halogens is 1. The van der Waals surface area contributed by atoms with Crippen LogP contribution < -0.4 is 14.8 Å². The Bertz CT molecular complexity index is 901. The predicted molar refractivity (Wildman–Crippen MR) is 120 cm³/mol. The van der Waals surface area contributed by atoms with Gasteiger partial charge in [0, 0.05) is 13.1 Å². The summed E-state index contributed by atoms with van der Waals surface area (Å²) in [6.45, 7) is 4.84. The number of ketones is 1. The van der Waals surface area contributed by atoms with Crippen LogP contribution in [0.4, 0.5) is 5.69 Å². The topological polar surface area (TPSA) is 67.9 Å². The van der Waals surface area contributed by atoms with Crippen molar-refractivity contribution in [2.75, 3.05) is 39.2 Å². The summed E-state index contributed by atoms with van der Waals surface area (Å²) in [5.74, 6) is 0.356. The van der Waals surface area contributed by atoms with E-state index in [1.165, 1.54) is 12.7 Å². The maximum absolute atomic E-state index is 12.3. The molecule has 2 aromatic rings. The Balaban J connectivity index is 0.00000320. The lowest BCUT2D eigenvalue weighted by Crippen LogP contribution is -2.29. The molecule has 30 heavy (non-hydrogen) atoms. The average molecular weight is 433 g/mol. The fourth-order valence-electron chi connectivity index (χ4n) is 3.79. The van der Waals surface area contributed by atoms with Crippen molar-refractivity contribution in [2.24, 2.45) is 0 Å². The summed E-state index contributed by atoms with van der Waals surface area (Å²) >= 11 is 0. The number of fused-ring (bicyclic) bond motifs is 1. The smallest absolute Gasteiger partial charge is 0.296 e. The van der Waals surface area contributed by atoms with Crippen LogP contribution in [0.1, 0.15) is 34.8 Å². The van der Waals surface area contributed by atoms with Crippen molar-refractivity contribution in [3.8, 4) is 11.5 Å². The highest BCUT2D eigenvalue weighted by Gasteiger charge is 2.33. The lowest BCUT2D eigenvalue weighted by atomic mass is 10.00.